The predicted molar refractivity (Wildman–Crippen MR) is 404 cm³/mol. The van der Waals surface area contributed by atoms with Crippen molar-refractivity contribution in [3.05, 3.63) is 161 Å². The number of anilines is 3. The summed E-state index contributed by atoms with van der Waals surface area (Å²) in [6.45, 7) is 7.21. The van der Waals surface area contributed by atoms with Gasteiger partial charge in [-0.1, -0.05) is 48.9 Å². The number of likely N-dealkylation sites (tertiary alicyclic amines) is 1. The number of ether oxygens (including phenoxy) is 3. The molecule has 2 saturated heterocycles. The van der Waals surface area contributed by atoms with Crippen LogP contribution in [0.25, 0.3) is 10.9 Å². The number of aryl methyl sites for hydroxylation is 4. The van der Waals surface area contributed by atoms with Crippen LogP contribution in [0.3, 0.4) is 0 Å². The Hall–Kier alpha value is -10.2. The van der Waals surface area contributed by atoms with Gasteiger partial charge in [0.05, 0.1) is 55.0 Å². The second-order valence-corrected chi connectivity index (χ2v) is 30.2. The van der Waals surface area contributed by atoms with Gasteiger partial charge in [-0.3, -0.25) is 66.8 Å². The minimum Gasteiger partial charge on any atom is -0.493 e. The second kappa shape index (κ2) is 36.6. The Labute approximate surface area is 629 Å². The van der Waals surface area contributed by atoms with Crippen molar-refractivity contribution in [2.24, 2.45) is 32.8 Å². The fraction of sp³-hybridized carbons (Fsp3) is 0.429. The molecule has 0 bridgehead atoms. The summed E-state index contributed by atoms with van der Waals surface area (Å²) in [5.74, 6) is -3.96. The molecule has 10 rings (SSSR count). The molecule has 7 aromatic rings. The number of thioether (sulfide) groups is 1. The molecular formula is C77H92N12O17S2. The van der Waals surface area contributed by atoms with Crippen molar-refractivity contribution in [1.29, 1.82) is 0 Å². The molecule has 2 unspecified atom stereocenters. The minimum atomic E-state index is -4.53. The Morgan fingerprint density at radius 1 is 0.750 bits per heavy atom. The highest BCUT2D eigenvalue weighted by Crippen LogP contribution is 2.37. The van der Waals surface area contributed by atoms with Gasteiger partial charge in [0.25, 0.3) is 27.8 Å². The van der Waals surface area contributed by atoms with Crippen LogP contribution < -0.4 is 31.7 Å². The Balaban J connectivity index is 0.672. The number of Topliss-reactive ketones (excluding diaryl/α,β-unsaturated/α-hetero) is 3. The first-order chi connectivity index (χ1) is 51.7. The second-order valence-electron chi connectivity index (χ2n) is 27.6. The number of fused-ring (bicyclic) bond motifs is 3. The number of nitrogens with zero attached hydrogens (tertiary/aromatic N) is 7. The molecule has 0 saturated carbocycles. The fourth-order valence-electron chi connectivity index (χ4n) is 13.8. The summed E-state index contributed by atoms with van der Waals surface area (Å²) in [6.07, 6.45) is 10.9. The van der Waals surface area contributed by atoms with E-state index in [1.54, 1.807) is 111 Å². The number of nitrogens with one attached hydrogen (secondary N) is 4. The molecule has 3 aromatic carbocycles. The molecule has 3 aliphatic heterocycles. The third-order valence-corrected chi connectivity index (χ3v) is 21.6. The van der Waals surface area contributed by atoms with Crippen molar-refractivity contribution in [3.63, 3.8) is 0 Å². The van der Waals surface area contributed by atoms with Crippen molar-refractivity contribution in [3.8, 4) is 5.75 Å². The van der Waals surface area contributed by atoms with E-state index < -0.39 is 62.9 Å². The number of nitrogens with two attached hydrogens (primary N) is 1. The molecule has 2 fully saturated rings. The number of benzene rings is 3. The number of aromatic nitrogens is 5. The van der Waals surface area contributed by atoms with Crippen molar-refractivity contribution in [2.75, 3.05) is 74.9 Å². The maximum atomic E-state index is 14.3. The summed E-state index contributed by atoms with van der Waals surface area (Å²) in [5.41, 5.74) is 11.0. The van der Waals surface area contributed by atoms with E-state index in [1.807, 2.05) is 30.3 Å². The highest BCUT2D eigenvalue weighted by Gasteiger charge is 2.46. The lowest BCUT2D eigenvalue weighted by Gasteiger charge is -2.26. The van der Waals surface area contributed by atoms with E-state index in [4.69, 9.17) is 19.9 Å². The molecule has 4 aromatic heterocycles. The van der Waals surface area contributed by atoms with Gasteiger partial charge in [-0.15, -0.1) is 0 Å². The topological polar surface area (TPSA) is 383 Å². The molecule has 108 heavy (non-hydrogen) atoms. The molecule has 0 spiro atoms. The molecule has 7 heterocycles. The van der Waals surface area contributed by atoms with Crippen LogP contribution in [0.5, 0.6) is 5.75 Å². The van der Waals surface area contributed by atoms with Gasteiger partial charge in [-0.25, -0.2) is 4.98 Å². The zero-order chi connectivity index (χ0) is 77.5. The Bertz CT molecular complexity index is 4690. The monoisotopic (exact) mass is 1520 g/mol. The third kappa shape index (κ3) is 20.5. The molecule has 29 nitrogen and oxygen atoms in total. The van der Waals surface area contributed by atoms with Gasteiger partial charge >= 0.3 is 0 Å². The van der Waals surface area contributed by atoms with Crippen LogP contribution in [0.4, 0.5) is 17.2 Å². The average Bonchev–Trinajstić information content (AvgIpc) is 1.61. The summed E-state index contributed by atoms with van der Waals surface area (Å²) in [6, 6.07) is 20.7. The molecule has 3 aliphatic rings. The van der Waals surface area contributed by atoms with E-state index >= 15 is 0 Å². The highest BCUT2D eigenvalue weighted by atomic mass is 32.2. The van der Waals surface area contributed by atoms with Crippen molar-refractivity contribution in [2.45, 2.75) is 126 Å². The van der Waals surface area contributed by atoms with E-state index in [1.165, 1.54) is 36.9 Å². The van der Waals surface area contributed by atoms with E-state index in [0.29, 0.717) is 94.7 Å². The summed E-state index contributed by atoms with van der Waals surface area (Å²) in [4.78, 5) is 154. The van der Waals surface area contributed by atoms with Crippen molar-refractivity contribution >= 4 is 115 Å². The largest absolute Gasteiger partial charge is 0.493 e. The number of rotatable bonds is 39. The van der Waals surface area contributed by atoms with Crippen LogP contribution in [0, 0.1) is 12.8 Å². The molecule has 0 radical (unpaired) electrons. The number of unbranched alkanes of at least 4 members (excludes halogenated alkanes) is 1. The van der Waals surface area contributed by atoms with E-state index in [2.05, 4.69) is 32.8 Å². The van der Waals surface area contributed by atoms with Gasteiger partial charge in [0.1, 0.15) is 28.2 Å². The lowest BCUT2D eigenvalue weighted by molar-refractivity contribution is -0.138. The number of imide groups is 1. The molecule has 7 amide bonds. The quantitative estimate of drug-likeness (QED) is 0.00733. The summed E-state index contributed by atoms with van der Waals surface area (Å²) >= 11 is 1.33. The normalized spacial score (nSPS) is 16.3. The van der Waals surface area contributed by atoms with E-state index in [9.17, 15) is 65.7 Å². The Morgan fingerprint density at radius 3 is 2.24 bits per heavy atom. The van der Waals surface area contributed by atoms with Gasteiger partial charge < -0.3 is 59.8 Å². The van der Waals surface area contributed by atoms with Crippen LogP contribution >= 0.6 is 11.8 Å². The smallest absolute Gasteiger partial charge is 0.279 e. The van der Waals surface area contributed by atoms with Gasteiger partial charge in [0.2, 0.25) is 35.3 Å². The Kier molecular flexibility index (Phi) is 27.2. The van der Waals surface area contributed by atoms with E-state index in [-0.39, 0.29) is 173 Å². The number of ketones is 3. The number of carbonyl (C=O) groups is 11. The number of hydrogen-bond acceptors (Lipinski definition) is 19. The minimum absolute atomic E-state index is 0.0204. The SMILES string of the molecule is C=C1C[C@H]2C(S(=O)(=O)O)Cc3cc(OCCCC(=O)Nc4cn(C)c(C(=O)Cc5cc(C(=O)Nc6cc(C(=O)n7ccc8cc(NC(=O)[C@H](CCCCN)CC(=O)[C@H](Cc9ccccc9)NC(=O)CCOCCOCCCC(=O)CCN9C(=O)CC(SC)C9=O)ccc87)n(C)c6)n(C)c5)n4)c(C)cc3C(=O)N2C1. The number of imidazole rings is 1. The van der Waals surface area contributed by atoms with E-state index in [0.717, 1.165) is 5.56 Å². The summed E-state index contributed by atoms with van der Waals surface area (Å²) in [5, 5.41) is 10.4. The van der Waals surface area contributed by atoms with Gasteiger partial charge in [-0.05, 0) is 135 Å². The van der Waals surface area contributed by atoms with Crippen LogP contribution in [0.15, 0.2) is 116 Å². The zero-order valence-electron chi connectivity index (χ0n) is 61.2. The molecule has 5 atom stereocenters. The number of hydrogen-bond donors (Lipinski definition) is 6. The van der Waals surface area contributed by atoms with Gasteiger partial charge in [0.15, 0.2) is 17.4 Å². The summed E-state index contributed by atoms with van der Waals surface area (Å²) in [7, 11) is 0.407. The highest BCUT2D eigenvalue weighted by molar-refractivity contribution is 8.00. The first-order valence-electron chi connectivity index (χ1n) is 35.9. The summed E-state index contributed by atoms with van der Waals surface area (Å²) < 4.78 is 58.6. The molecule has 574 valence electrons. The first kappa shape index (κ1) is 80.4. The first-order valence-corrected chi connectivity index (χ1v) is 38.7. The predicted octanol–water partition coefficient (Wildman–Crippen LogP) is 7.13. The van der Waals surface area contributed by atoms with Gasteiger partial charge in [-0.2, -0.15) is 20.2 Å². The maximum absolute atomic E-state index is 14.3. The molecule has 7 N–H and O–H groups in total. The van der Waals surface area contributed by atoms with Gasteiger partial charge in [0, 0.05) is 133 Å². The molecular weight excluding hydrogens is 1430 g/mol. The molecule has 31 heteroatoms. The third-order valence-electron chi connectivity index (χ3n) is 19.5. The van der Waals surface area contributed by atoms with Crippen LogP contribution in [0.1, 0.15) is 141 Å². The average molecular weight is 1520 g/mol. The zero-order valence-corrected chi connectivity index (χ0v) is 62.8. The van der Waals surface area contributed by atoms with Crippen LogP contribution in [-0.2, 0) is 93.6 Å². The van der Waals surface area contributed by atoms with Crippen molar-refractivity contribution < 1.29 is 79.9 Å². The number of carbonyl (C=O) groups excluding carboxylic acids is 11. The Morgan fingerprint density at radius 2 is 1.50 bits per heavy atom. The van der Waals surface area contributed by atoms with Crippen LogP contribution in [0.2, 0.25) is 0 Å². The fourth-order valence-corrected chi connectivity index (χ4v) is 15.4. The maximum Gasteiger partial charge on any atom is 0.279 e. The lowest BCUT2D eigenvalue weighted by atomic mass is 9.90. The molecule has 0 aliphatic carbocycles. The van der Waals surface area contributed by atoms with Crippen molar-refractivity contribution in [1.82, 2.24) is 38.4 Å². The lowest BCUT2D eigenvalue weighted by Crippen LogP contribution is -2.44. The van der Waals surface area contributed by atoms with Crippen LogP contribution in [-0.4, -0.2) is 192 Å². The number of amides is 7. The standard InChI is InChI=1S/C77H92N12O17S2/c1-47-32-60-67(108(101,102)103)40-53-39-65(48(2)33-57(53)75(98)89(60)43-47)106-28-13-18-69(93)82-68-46-86(5)72(83-68)64(92)36-50-35-61(84(3)44-50)74(97)80-55-41-62(85(4)45-55)76(99)87-25-21-51-37-54(19-20-59(51)87)79-73(96)52(16-10-11-24-78)38-63(91)58(34-49-14-8-7-9-15-49)81-70(94)23-29-105-31-30-104-27-12-17-56(90)22-26-88-71(95)42-66(107-6)77(88)100/h7-9,14-15,19-21,25,33,35,37,39,41,44-46,52,58,60,66-67H,1,10-13,16-18,22-24,26-32,34,36,38,40,42-43,78H2,2-6H3,(H,79,96)(H,80,97)(H,81,94)(H,82,93)(H,101,102,103)/t52-,58+,60+,66?,67?/m1/s1.